The predicted octanol–water partition coefficient (Wildman–Crippen LogP) is 6.21. The third-order valence-electron chi connectivity index (χ3n) is 5.44. The summed E-state index contributed by atoms with van der Waals surface area (Å²) in [5, 5.41) is 11.6. The lowest BCUT2D eigenvalue weighted by atomic mass is 9.99. The van der Waals surface area contributed by atoms with Crippen molar-refractivity contribution in [1.29, 1.82) is 0 Å². The van der Waals surface area contributed by atoms with Gasteiger partial charge < -0.3 is 9.25 Å². The molecule has 7 nitrogen and oxygen atoms in total. The van der Waals surface area contributed by atoms with E-state index in [0.717, 1.165) is 38.4 Å². The van der Waals surface area contributed by atoms with Crippen molar-refractivity contribution < 1.29 is 9.25 Å². The molecule has 34 heavy (non-hydrogen) atoms. The van der Waals surface area contributed by atoms with Gasteiger partial charge in [0.05, 0.1) is 16.0 Å². The molecule has 0 atom stereocenters. The lowest BCUT2D eigenvalue weighted by molar-refractivity contribution is 0.125. The van der Waals surface area contributed by atoms with Gasteiger partial charge in [0.25, 0.3) is 0 Å². The molecule has 0 aliphatic rings. The van der Waals surface area contributed by atoms with Crippen molar-refractivity contribution in [3.8, 4) is 22.5 Å². The fraction of sp³-hybridized carbons (Fsp3) is 0.0769. The highest BCUT2D eigenvalue weighted by Crippen LogP contribution is 2.41. The van der Waals surface area contributed by atoms with Crippen LogP contribution in [0.3, 0.4) is 0 Å². The van der Waals surface area contributed by atoms with Gasteiger partial charge in [-0.15, -0.1) is 16.4 Å². The zero-order chi connectivity index (χ0) is 22.9. The largest absolute Gasteiger partial charge is 0.437 e. The van der Waals surface area contributed by atoms with E-state index in [1.807, 2.05) is 73.0 Å². The van der Waals surface area contributed by atoms with Gasteiger partial charge in [0.15, 0.2) is 18.1 Å². The van der Waals surface area contributed by atoms with E-state index in [-0.39, 0.29) is 6.61 Å². The van der Waals surface area contributed by atoms with Gasteiger partial charge in [-0.05, 0) is 23.9 Å². The van der Waals surface area contributed by atoms with Crippen LogP contribution >= 0.6 is 11.3 Å². The molecule has 6 aromatic rings. The minimum atomic E-state index is 0.149. The third-order valence-corrected chi connectivity index (χ3v) is 6.42. The van der Waals surface area contributed by atoms with Gasteiger partial charge in [-0.3, -0.25) is 0 Å². The van der Waals surface area contributed by atoms with Crippen LogP contribution in [0.25, 0.3) is 39.2 Å². The summed E-state index contributed by atoms with van der Waals surface area (Å²) in [5.74, 6) is 1.26. The predicted molar refractivity (Wildman–Crippen MR) is 133 cm³/mol. The molecule has 0 N–H and O–H groups in total. The first kappa shape index (κ1) is 20.3. The van der Waals surface area contributed by atoms with Crippen molar-refractivity contribution in [2.24, 2.45) is 5.16 Å². The van der Waals surface area contributed by atoms with Crippen LogP contribution in [-0.4, -0.2) is 25.3 Å². The van der Waals surface area contributed by atoms with E-state index in [1.54, 1.807) is 22.2 Å². The summed E-state index contributed by atoms with van der Waals surface area (Å²) in [7, 11) is 0. The Morgan fingerprint density at radius 1 is 1.00 bits per heavy atom. The number of rotatable bonds is 6. The molecule has 4 aromatic heterocycles. The number of furan rings is 1. The Kier molecular flexibility index (Phi) is 5.12. The molecule has 0 fully saturated rings. The maximum atomic E-state index is 6.27. The average molecular weight is 466 g/mol. The number of hydrogen-bond acceptors (Lipinski definition) is 7. The number of nitrogens with zero attached hydrogens (tertiary/aromatic N) is 5. The van der Waals surface area contributed by atoms with E-state index in [0.29, 0.717) is 17.2 Å². The first-order valence-electron chi connectivity index (χ1n) is 10.8. The summed E-state index contributed by atoms with van der Waals surface area (Å²) in [6.07, 6.45) is 1.61. The average Bonchev–Trinajstić information content (AvgIpc) is 3.63. The van der Waals surface area contributed by atoms with Crippen LogP contribution in [0, 0.1) is 0 Å². The van der Waals surface area contributed by atoms with Crippen LogP contribution in [0.1, 0.15) is 17.6 Å². The van der Waals surface area contributed by atoms with Crippen molar-refractivity contribution in [3.63, 3.8) is 0 Å². The standard InChI is InChI=1S/C26H19N5O2S/c1-17(20-13-8-14-34-20)30-32-15-21-28-25-23-22(18-9-4-2-5-10-18)24(19-11-6-3-7-12-19)33-26(23)27-16-31(25)29-21/h2-14,16H,15H2,1H3. The van der Waals surface area contributed by atoms with Crippen molar-refractivity contribution in [2.75, 3.05) is 0 Å². The lowest BCUT2D eigenvalue weighted by Gasteiger charge is -2.03. The van der Waals surface area contributed by atoms with E-state index in [1.165, 1.54) is 0 Å². The van der Waals surface area contributed by atoms with E-state index < -0.39 is 0 Å². The zero-order valence-corrected chi connectivity index (χ0v) is 19.1. The zero-order valence-electron chi connectivity index (χ0n) is 18.3. The maximum Gasteiger partial charge on any atom is 0.232 e. The van der Waals surface area contributed by atoms with Gasteiger partial charge in [-0.2, -0.15) is 0 Å². The lowest BCUT2D eigenvalue weighted by Crippen LogP contribution is -1.96. The molecule has 0 aliphatic carbocycles. The Hall–Kier alpha value is -4.30. The minimum absolute atomic E-state index is 0.149. The first-order chi connectivity index (χ1) is 16.8. The highest BCUT2D eigenvalue weighted by molar-refractivity contribution is 7.12. The van der Waals surface area contributed by atoms with Crippen LogP contribution in [0.5, 0.6) is 0 Å². The SMILES string of the molecule is CC(=NOCc1nc2c3c(-c4ccccc4)c(-c4ccccc4)oc3ncn2n1)c1cccs1. The normalized spacial score (nSPS) is 12.0. The quantitative estimate of drug-likeness (QED) is 0.216. The van der Waals surface area contributed by atoms with Crippen molar-refractivity contribution >= 4 is 33.8 Å². The fourth-order valence-electron chi connectivity index (χ4n) is 3.89. The summed E-state index contributed by atoms with van der Waals surface area (Å²) >= 11 is 1.62. The van der Waals surface area contributed by atoms with E-state index >= 15 is 0 Å². The summed E-state index contributed by atoms with van der Waals surface area (Å²) in [4.78, 5) is 15.9. The molecular weight excluding hydrogens is 446 g/mol. The third kappa shape index (κ3) is 3.64. The van der Waals surface area contributed by atoms with Crippen molar-refractivity contribution in [2.45, 2.75) is 13.5 Å². The number of aromatic nitrogens is 4. The molecule has 0 radical (unpaired) electrons. The molecule has 0 amide bonds. The highest BCUT2D eigenvalue weighted by atomic mass is 32.1. The molecule has 0 bridgehead atoms. The second-order valence-corrected chi connectivity index (χ2v) is 8.63. The first-order valence-corrected chi connectivity index (χ1v) is 11.6. The van der Waals surface area contributed by atoms with Crippen LogP contribution < -0.4 is 0 Å². The molecule has 6 rings (SSSR count). The Morgan fingerprint density at radius 2 is 1.76 bits per heavy atom. The fourth-order valence-corrected chi connectivity index (χ4v) is 4.56. The van der Waals surface area contributed by atoms with Crippen LogP contribution in [0.2, 0.25) is 0 Å². The molecular formula is C26H19N5O2S. The van der Waals surface area contributed by atoms with Gasteiger partial charge in [0.2, 0.25) is 5.71 Å². The number of benzene rings is 2. The molecule has 0 saturated carbocycles. The van der Waals surface area contributed by atoms with Gasteiger partial charge in [-0.1, -0.05) is 71.9 Å². The summed E-state index contributed by atoms with van der Waals surface area (Å²) in [5.41, 5.74) is 4.91. The monoisotopic (exact) mass is 465 g/mol. The minimum Gasteiger partial charge on any atom is -0.437 e. The number of oxime groups is 1. The molecule has 0 spiro atoms. The Bertz CT molecular complexity index is 1600. The van der Waals surface area contributed by atoms with Gasteiger partial charge in [-0.25, -0.2) is 14.5 Å². The van der Waals surface area contributed by atoms with Gasteiger partial charge in [0.1, 0.15) is 12.1 Å². The van der Waals surface area contributed by atoms with Crippen LogP contribution in [-0.2, 0) is 11.4 Å². The second-order valence-electron chi connectivity index (χ2n) is 7.69. The molecule has 0 unspecified atom stereocenters. The second kappa shape index (κ2) is 8.57. The maximum absolute atomic E-state index is 6.27. The Labute approximate surface area is 199 Å². The smallest absolute Gasteiger partial charge is 0.232 e. The highest BCUT2D eigenvalue weighted by Gasteiger charge is 2.22. The van der Waals surface area contributed by atoms with Gasteiger partial charge >= 0.3 is 0 Å². The molecule has 0 saturated heterocycles. The van der Waals surface area contributed by atoms with Crippen LogP contribution in [0.15, 0.2) is 94.1 Å². The van der Waals surface area contributed by atoms with Gasteiger partial charge in [0, 0.05) is 11.1 Å². The van der Waals surface area contributed by atoms with Crippen molar-refractivity contribution in [1.82, 2.24) is 19.6 Å². The summed E-state index contributed by atoms with van der Waals surface area (Å²) < 4.78 is 7.93. The Morgan fingerprint density at radius 3 is 2.50 bits per heavy atom. The van der Waals surface area contributed by atoms with E-state index in [2.05, 4.69) is 27.4 Å². The number of thiophene rings is 1. The number of fused-ring (bicyclic) bond motifs is 3. The topological polar surface area (TPSA) is 77.8 Å². The number of hydrogen-bond donors (Lipinski definition) is 0. The van der Waals surface area contributed by atoms with Crippen molar-refractivity contribution in [3.05, 3.63) is 95.2 Å². The molecule has 166 valence electrons. The summed E-state index contributed by atoms with van der Waals surface area (Å²) in [6.45, 7) is 2.06. The molecule has 8 heteroatoms. The van der Waals surface area contributed by atoms with E-state index in [4.69, 9.17) is 14.2 Å². The molecule has 0 aliphatic heterocycles. The molecule has 2 aromatic carbocycles. The van der Waals surface area contributed by atoms with E-state index in [9.17, 15) is 0 Å². The summed E-state index contributed by atoms with van der Waals surface area (Å²) in [6, 6.07) is 24.1. The Balaban J connectivity index is 1.45. The molecule has 4 heterocycles. The van der Waals surface area contributed by atoms with Crippen LogP contribution in [0.4, 0.5) is 0 Å².